The first-order valence-electron chi connectivity index (χ1n) is 11.8. The smallest absolute Gasteiger partial charge is 0.419 e. The largest absolute Gasteiger partial charge is 0.450 e. The van der Waals surface area contributed by atoms with Crippen molar-refractivity contribution in [1.82, 2.24) is 14.2 Å². The molecule has 0 saturated carbocycles. The van der Waals surface area contributed by atoms with E-state index < -0.39 is 41.9 Å². The molecule has 14 heteroatoms. The molecule has 1 atom stereocenters. The Hall–Kier alpha value is -2.99. The molecular weight excluding hydrogens is 516 g/mol. The molecule has 1 amide bonds. The Labute approximate surface area is 210 Å². The number of hydrogen-bond donors (Lipinski definition) is 0. The van der Waals surface area contributed by atoms with E-state index >= 15 is 0 Å². The summed E-state index contributed by atoms with van der Waals surface area (Å²) >= 11 is 0. The first-order chi connectivity index (χ1) is 17.6. The second-order valence-corrected chi connectivity index (χ2v) is 11.4. The molecule has 3 aliphatic rings. The van der Waals surface area contributed by atoms with Crippen molar-refractivity contribution in [3.63, 3.8) is 0 Å². The van der Waals surface area contributed by atoms with Crippen molar-refractivity contribution in [2.75, 3.05) is 39.3 Å². The molecule has 10 nitrogen and oxygen atoms in total. The number of benzene rings is 2. The van der Waals surface area contributed by atoms with Crippen LogP contribution in [0.4, 0.5) is 18.9 Å². The van der Waals surface area contributed by atoms with E-state index in [-0.39, 0.29) is 11.7 Å². The average Bonchev–Trinajstić information content (AvgIpc) is 3.79. The Bertz CT molecular complexity index is 1250. The van der Waals surface area contributed by atoms with Gasteiger partial charge in [-0.1, -0.05) is 6.07 Å². The van der Waals surface area contributed by atoms with Crippen LogP contribution in [0.1, 0.15) is 34.9 Å². The molecule has 2 aromatic carbocycles. The van der Waals surface area contributed by atoms with Gasteiger partial charge < -0.3 is 9.64 Å². The van der Waals surface area contributed by atoms with Crippen LogP contribution in [0.3, 0.4) is 0 Å². The Kier molecular flexibility index (Phi) is 6.73. The zero-order valence-corrected chi connectivity index (χ0v) is 20.5. The van der Waals surface area contributed by atoms with Crippen LogP contribution in [-0.4, -0.2) is 70.5 Å². The number of amides is 1. The van der Waals surface area contributed by atoms with Gasteiger partial charge in [0, 0.05) is 50.9 Å². The van der Waals surface area contributed by atoms with E-state index in [1.54, 1.807) is 11.0 Å². The van der Waals surface area contributed by atoms with Gasteiger partial charge in [-0.05, 0) is 48.7 Å². The number of likely N-dealkylation sites (tertiary alicyclic amines) is 1. The molecule has 0 N–H and O–H groups in total. The van der Waals surface area contributed by atoms with E-state index in [2.05, 4.69) is 0 Å². The van der Waals surface area contributed by atoms with Gasteiger partial charge in [0.1, 0.15) is 5.75 Å². The van der Waals surface area contributed by atoms with Crippen molar-refractivity contribution in [3.05, 3.63) is 63.7 Å². The summed E-state index contributed by atoms with van der Waals surface area (Å²) in [6, 6.07) is 8.63. The molecule has 0 aliphatic carbocycles. The summed E-state index contributed by atoms with van der Waals surface area (Å²) in [7, 11) is -3.87. The molecule has 3 aliphatic heterocycles. The van der Waals surface area contributed by atoms with Gasteiger partial charge in [0.25, 0.3) is 5.91 Å². The predicted molar refractivity (Wildman–Crippen MR) is 125 cm³/mol. The number of alkyl halides is 3. The van der Waals surface area contributed by atoms with E-state index in [1.807, 2.05) is 0 Å². The van der Waals surface area contributed by atoms with Gasteiger partial charge in [0.2, 0.25) is 5.75 Å². The van der Waals surface area contributed by atoms with Gasteiger partial charge >= 0.3 is 19.5 Å². The second-order valence-electron chi connectivity index (χ2n) is 9.04. The zero-order chi connectivity index (χ0) is 26.4. The molecule has 3 heterocycles. The molecule has 5 rings (SSSR count). The third-order valence-corrected chi connectivity index (χ3v) is 9.00. The van der Waals surface area contributed by atoms with Gasteiger partial charge in [-0.15, -0.1) is 0 Å². The Balaban J connectivity index is 1.46. The highest BCUT2D eigenvalue weighted by molar-refractivity contribution is 7.54. The third-order valence-electron chi connectivity index (χ3n) is 6.29. The van der Waals surface area contributed by atoms with Crippen molar-refractivity contribution in [2.24, 2.45) is 0 Å². The standard InChI is InChI=1S/C23H24F3N4O6P/c24-23(25,26)21(36-37(34,28-10-11-28)29-12-13-29)16-6-7-19(30(32)33)20(15-16)35-18-5-3-4-17(14-18)22(31)27-8-1-2-9-27/h3-7,14-15,21H,1-2,8-13H2. The summed E-state index contributed by atoms with van der Waals surface area (Å²) in [4.78, 5) is 25.2. The molecule has 37 heavy (non-hydrogen) atoms. The fraction of sp³-hybridized carbons (Fsp3) is 0.435. The normalized spacial score (nSPS) is 19.1. The SMILES string of the molecule is O=C(c1cccc(Oc2cc(C(OP(=O)(N3CC3)N3CC3)C(F)(F)F)ccc2[N+](=O)[O-])c1)N1CCCC1. The number of halogens is 3. The van der Waals surface area contributed by atoms with E-state index in [0.29, 0.717) is 44.8 Å². The molecule has 0 radical (unpaired) electrons. The fourth-order valence-electron chi connectivity index (χ4n) is 4.20. The van der Waals surface area contributed by atoms with E-state index in [4.69, 9.17) is 9.26 Å². The molecule has 0 aromatic heterocycles. The van der Waals surface area contributed by atoms with Crippen molar-refractivity contribution < 1.29 is 36.7 Å². The van der Waals surface area contributed by atoms with E-state index in [0.717, 1.165) is 31.0 Å². The maximum atomic E-state index is 14.1. The maximum Gasteiger partial charge on any atom is 0.419 e. The maximum absolute atomic E-state index is 14.1. The number of carbonyl (C=O) groups excluding carboxylic acids is 1. The second kappa shape index (κ2) is 9.71. The lowest BCUT2D eigenvalue weighted by Gasteiger charge is -2.28. The molecule has 0 bridgehead atoms. The number of nitro groups is 1. The summed E-state index contributed by atoms with van der Waals surface area (Å²) in [5.41, 5.74) is -0.755. The highest BCUT2D eigenvalue weighted by atomic mass is 31.2. The summed E-state index contributed by atoms with van der Waals surface area (Å²) in [6.07, 6.45) is -5.75. The lowest BCUT2D eigenvalue weighted by atomic mass is 10.1. The quantitative estimate of drug-likeness (QED) is 0.190. The van der Waals surface area contributed by atoms with Gasteiger partial charge in [0.15, 0.2) is 6.10 Å². The van der Waals surface area contributed by atoms with Crippen molar-refractivity contribution >= 4 is 19.3 Å². The van der Waals surface area contributed by atoms with Crippen LogP contribution in [0, 0.1) is 10.1 Å². The highest BCUT2D eigenvalue weighted by Crippen LogP contribution is 2.64. The van der Waals surface area contributed by atoms with Gasteiger partial charge in [-0.2, -0.15) is 13.2 Å². The molecule has 3 saturated heterocycles. The topological polar surface area (TPSA) is 105 Å². The summed E-state index contributed by atoms with van der Waals surface area (Å²) in [5.74, 6) is -0.634. The molecule has 2 aromatic rings. The lowest BCUT2D eigenvalue weighted by Crippen LogP contribution is -2.27. The van der Waals surface area contributed by atoms with Crippen LogP contribution in [0.2, 0.25) is 0 Å². The predicted octanol–water partition coefficient (Wildman–Crippen LogP) is 4.98. The molecule has 0 spiro atoms. The number of ether oxygens (including phenoxy) is 1. The molecular formula is C23H24F3N4O6P. The number of hydrogen-bond acceptors (Lipinski definition) is 6. The minimum atomic E-state index is -4.95. The van der Waals surface area contributed by atoms with Gasteiger partial charge in [-0.3, -0.25) is 24.0 Å². The number of carbonyl (C=O) groups is 1. The minimum absolute atomic E-state index is 0.0497. The Morgan fingerprint density at radius 2 is 1.65 bits per heavy atom. The van der Waals surface area contributed by atoms with Crippen LogP contribution in [-0.2, 0) is 9.09 Å². The summed E-state index contributed by atoms with van der Waals surface area (Å²) in [5, 5.41) is 11.6. The van der Waals surface area contributed by atoms with E-state index in [1.165, 1.54) is 27.5 Å². The zero-order valence-electron chi connectivity index (χ0n) is 19.6. The average molecular weight is 540 g/mol. The van der Waals surface area contributed by atoms with Crippen molar-refractivity contribution in [1.29, 1.82) is 0 Å². The van der Waals surface area contributed by atoms with Crippen LogP contribution < -0.4 is 4.74 Å². The minimum Gasteiger partial charge on any atom is -0.450 e. The van der Waals surface area contributed by atoms with Crippen molar-refractivity contribution in [3.8, 4) is 11.5 Å². The van der Waals surface area contributed by atoms with Crippen LogP contribution in [0.15, 0.2) is 42.5 Å². The molecule has 3 fully saturated rings. The van der Waals surface area contributed by atoms with Crippen LogP contribution in [0.25, 0.3) is 0 Å². The fourth-order valence-corrected chi connectivity index (χ4v) is 6.53. The van der Waals surface area contributed by atoms with Gasteiger partial charge in [0.05, 0.1) is 4.92 Å². The summed E-state index contributed by atoms with van der Waals surface area (Å²) < 4.78 is 69.2. The monoisotopic (exact) mass is 540 g/mol. The number of nitro benzene ring substituents is 1. The van der Waals surface area contributed by atoms with Gasteiger partial charge in [-0.25, -0.2) is 9.34 Å². The number of nitrogens with zero attached hydrogens (tertiary/aromatic N) is 4. The van der Waals surface area contributed by atoms with Crippen LogP contribution in [0.5, 0.6) is 11.5 Å². The Morgan fingerprint density at radius 3 is 2.22 bits per heavy atom. The first-order valence-corrected chi connectivity index (χ1v) is 13.3. The molecule has 1 unspecified atom stereocenters. The molecule has 198 valence electrons. The highest BCUT2D eigenvalue weighted by Gasteiger charge is 2.55. The van der Waals surface area contributed by atoms with E-state index in [9.17, 15) is 32.6 Å². The summed E-state index contributed by atoms with van der Waals surface area (Å²) in [6.45, 7) is 2.68. The van der Waals surface area contributed by atoms with Crippen LogP contribution >= 0.6 is 7.67 Å². The lowest BCUT2D eigenvalue weighted by molar-refractivity contribution is -0.385. The van der Waals surface area contributed by atoms with Crippen molar-refractivity contribution in [2.45, 2.75) is 25.1 Å². The first kappa shape index (κ1) is 25.7. The Morgan fingerprint density at radius 1 is 1.00 bits per heavy atom. The number of rotatable bonds is 9. The third kappa shape index (κ3) is 5.49.